The molecule has 15 heavy (non-hydrogen) atoms. The van der Waals surface area contributed by atoms with E-state index in [0.29, 0.717) is 12.0 Å². The molecule has 0 amide bonds. The highest BCUT2D eigenvalue weighted by Crippen LogP contribution is 2.16. The molecule has 2 heterocycles. The summed E-state index contributed by atoms with van der Waals surface area (Å²) >= 11 is 0. The van der Waals surface area contributed by atoms with Crippen molar-refractivity contribution in [1.82, 2.24) is 15.3 Å². The van der Waals surface area contributed by atoms with Gasteiger partial charge in [0.25, 0.3) is 0 Å². The van der Waals surface area contributed by atoms with Gasteiger partial charge in [0, 0.05) is 37.8 Å². The average Bonchev–Trinajstić information content (AvgIpc) is 2.81. The van der Waals surface area contributed by atoms with Crippen LogP contribution in [0.1, 0.15) is 19.0 Å². The Labute approximate surface area is 90.1 Å². The maximum absolute atomic E-state index is 5.36. The zero-order chi connectivity index (χ0) is 10.5. The van der Waals surface area contributed by atoms with Crippen LogP contribution in [0.5, 0.6) is 0 Å². The molecule has 2 rings (SSSR count). The van der Waals surface area contributed by atoms with Crippen LogP contribution < -0.4 is 5.32 Å². The zero-order valence-corrected chi connectivity index (χ0v) is 9.02. The summed E-state index contributed by atoms with van der Waals surface area (Å²) in [5.74, 6) is 0.640. The van der Waals surface area contributed by atoms with Crippen molar-refractivity contribution in [2.24, 2.45) is 5.92 Å². The first kappa shape index (κ1) is 10.5. The third-order valence-electron chi connectivity index (χ3n) is 2.89. The summed E-state index contributed by atoms with van der Waals surface area (Å²) in [6.07, 6.45) is 6.37. The Kier molecular flexibility index (Phi) is 3.64. The van der Waals surface area contributed by atoms with Gasteiger partial charge >= 0.3 is 0 Å². The number of nitrogens with one attached hydrogen (secondary N) is 1. The second-order valence-corrected chi connectivity index (χ2v) is 3.99. The number of hydrogen-bond donors (Lipinski definition) is 1. The van der Waals surface area contributed by atoms with Crippen LogP contribution in [0.2, 0.25) is 0 Å². The van der Waals surface area contributed by atoms with E-state index in [4.69, 9.17) is 4.74 Å². The number of aromatic nitrogens is 2. The van der Waals surface area contributed by atoms with Crippen molar-refractivity contribution < 1.29 is 4.74 Å². The molecule has 0 saturated carbocycles. The summed E-state index contributed by atoms with van der Waals surface area (Å²) in [7, 11) is 0. The van der Waals surface area contributed by atoms with Gasteiger partial charge in [-0.2, -0.15) is 0 Å². The van der Waals surface area contributed by atoms with Crippen LogP contribution in [-0.2, 0) is 11.3 Å². The van der Waals surface area contributed by atoms with Crippen molar-refractivity contribution >= 4 is 0 Å². The van der Waals surface area contributed by atoms with Crippen molar-refractivity contribution in [2.45, 2.75) is 25.9 Å². The van der Waals surface area contributed by atoms with Crippen molar-refractivity contribution in [1.29, 1.82) is 0 Å². The third-order valence-corrected chi connectivity index (χ3v) is 2.89. The summed E-state index contributed by atoms with van der Waals surface area (Å²) in [4.78, 5) is 8.25. The summed E-state index contributed by atoms with van der Waals surface area (Å²) in [6, 6.07) is 0.481. The molecule has 82 valence electrons. The van der Waals surface area contributed by atoms with Gasteiger partial charge in [0.05, 0.1) is 12.3 Å². The van der Waals surface area contributed by atoms with Gasteiger partial charge in [-0.1, -0.05) is 0 Å². The monoisotopic (exact) mass is 207 g/mol. The number of ether oxygens (including phenoxy) is 1. The van der Waals surface area contributed by atoms with Gasteiger partial charge < -0.3 is 10.1 Å². The molecule has 1 N–H and O–H groups in total. The van der Waals surface area contributed by atoms with Gasteiger partial charge in [-0.15, -0.1) is 0 Å². The molecule has 4 heteroatoms. The maximum atomic E-state index is 5.36. The largest absolute Gasteiger partial charge is 0.381 e. The first-order valence-electron chi connectivity index (χ1n) is 5.42. The van der Waals surface area contributed by atoms with E-state index in [2.05, 4.69) is 22.2 Å². The Bertz CT molecular complexity index is 285. The van der Waals surface area contributed by atoms with Gasteiger partial charge in [0.1, 0.15) is 0 Å². The first-order valence-corrected chi connectivity index (χ1v) is 5.42. The molecule has 0 radical (unpaired) electrons. The quantitative estimate of drug-likeness (QED) is 0.800. The van der Waals surface area contributed by atoms with E-state index >= 15 is 0 Å². The second kappa shape index (κ2) is 5.19. The topological polar surface area (TPSA) is 47.0 Å². The SMILES string of the molecule is CC(NCc1cnccn1)C1CCOC1. The predicted molar refractivity (Wildman–Crippen MR) is 57.3 cm³/mol. The van der Waals surface area contributed by atoms with Gasteiger partial charge in [0.15, 0.2) is 0 Å². The lowest BCUT2D eigenvalue weighted by Crippen LogP contribution is -2.33. The van der Waals surface area contributed by atoms with Crippen molar-refractivity contribution in [3.63, 3.8) is 0 Å². The molecule has 0 aliphatic carbocycles. The summed E-state index contributed by atoms with van der Waals surface area (Å²) < 4.78 is 5.36. The van der Waals surface area contributed by atoms with Crippen LogP contribution in [0, 0.1) is 5.92 Å². The Morgan fingerprint density at radius 2 is 2.53 bits per heavy atom. The molecular weight excluding hydrogens is 190 g/mol. The van der Waals surface area contributed by atoms with Crippen LogP contribution >= 0.6 is 0 Å². The molecule has 1 saturated heterocycles. The lowest BCUT2D eigenvalue weighted by atomic mass is 10.0. The van der Waals surface area contributed by atoms with E-state index in [1.54, 1.807) is 18.6 Å². The summed E-state index contributed by atoms with van der Waals surface area (Å²) in [5.41, 5.74) is 0.989. The molecule has 0 spiro atoms. The van der Waals surface area contributed by atoms with E-state index in [1.807, 2.05) is 0 Å². The normalized spacial score (nSPS) is 22.9. The second-order valence-electron chi connectivity index (χ2n) is 3.99. The highest BCUT2D eigenvalue weighted by molar-refractivity contribution is 4.94. The van der Waals surface area contributed by atoms with Gasteiger partial charge in [0.2, 0.25) is 0 Å². The zero-order valence-electron chi connectivity index (χ0n) is 9.02. The Morgan fingerprint density at radius 1 is 1.60 bits per heavy atom. The highest BCUT2D eigenvalue weighted by atomic mass is 16.5. The third kappa shape index (κ3) is 2.97. The fourth-order valence-electron chi connectivity index (χ4n) is 1.80. The van der Waals surface area contributed by atoms with E-state index < -0.39 is 0 Å². The Balaban J connectivity index is 1.77. The minimum atomic E-state index is 0.481. The molecule has 1 aromatic rings. The van der Waals surface area contributed by atoms with Crippen molar-refractivity contribution in [3.05, 3.63) is 24.3 Å². The van der Waals surface area contributed by atoms with Crippen LogP contribution in [0.3, 0.4) is 0 Å². The number of hydrogen-bond acceptors (Lipinski definition) is 4. The molecule has 1 aliphatic heterocycles. The van der Waals surface area contributed by atoms with Crippen molar-refractivity contribution in [2.75, 3.05) is 13.2 Å². The standard InChI is InChI=1S/C11H17N3O/c1-9(10-2-5-15-8-10)14-7-11-6-12-3-4-13-11/h3-4,6,9-10,14H,2,5,7-8H2,1H3. The van der Waals surface area contributed by atoms with E-state index in [1.165, 1.54) is 0 Å². The minimum absolute atomic E-state index is 0.481. The van der Waals surface area contributed by atoms with Gasteiger partial charge in [-0.25, -0.2) is 0 Å². The fraction of sp³-hybridized carbons (Fsp3) is 0.636. The van der Waals surface area contributed by atoms with Crippen molar-refractivity contribution in [3.8, 4) is 0 Å². The average molecular weight is 207 g/mol. The Hall–Kier alpha value is -1.00. The summed E-state index contributed by atoms with van der Waals surface area (Å²) in [6.45, 7) is 4.78. The predicted octanol–water partition coefficient (Wildman–Crippen LogP) is 0.991. The van der Waals surface area contributed by atoms with E-state index in [0.717, 1.165) is 31.9 Å². The fourth-order valence-corrected chi connectivity index (χ4v) is 1.80. The van der Waals surface area contributed by atoms with E-state index in [9.17, 15) is 0 Å². The van der Waals surface area contributed by atoms with E-state index in [-0.39, 0.29) is 0 Å². The minimum Gasteiger partial charge on any atom is -0.381 e. The molecule has 2 atom stereocenters. The highest BCUT2D eigenvalue weighted by Gasteiger charge is 2.21. The lowest BCUT2D eigenvalue weighted by molar-refractivity contribution is 0.178. The molecule has 0 aromatic carbocycles. The van der Waals surface area contributed by atoms with Crippen LogP contribution in [-0.4, -0.2) is 29.2 Å². The maximum Gasteiger partial charge on any atom is 0.0724 e. The molecule has 4 nitrogen and oxygen atoms in total. The lowest BCUT2D eigenvalue weighted by Gasteiger charge is -2.18. The van der Waals surface area contributed by atoms with Crippen LogP contribution in [0.15, 0.2) is 18.6 Å². The molecule has 1 fully saturated rings. The molecule has 1 aromatic heterocycles. The molecule has 0 bridgehead atoms. The van der Waals surface area contributed by atoms with Gasteiger partial charge in [-0.05, 0) is 19.3 Å². The molecular formula is C11H17N3O. The van der Waals surface area contributed by atoms with Crippen LogP contribution in [0.4, 0.5) is 0 Å². The van der Waals surface area contributed by atoms with Crippen LogP contribution in [0.25, 0.3) is 0 Å². The van der Waals surface area contributed by atoms with Gasteiger partial charge in [-0.3, -0.25) is 9.97 Å². The number of nitrogens with zero attached hydrogens (tertiary/aromatic N) is 2. The molecule has 1 aliphatic rings. The Morgan fingerprint density at radius 3 is 3.20 bits per heavy atom. The first-order chi connectivity index (χ1) is 7.36. The molecule has 2 unspecified atom stereocenters. The summed E-state index contributed by atoms with van der Waals surface area (Å²) in [5, 5.41) is 3.46. The smallest absolute Gasteiger partial charge is 0.0724 e. The number of rotatable bonds is 4.